The Morgan fingerprint density at radius 3 is 2.69 bits per heavy atom. The molecule has 0 radical (unpaired) electrons. The first-order valence-electron chi connectivity index (χ1n) is 8.02. The third-order valence-corrected chi connectivity index (χ3v) is 4.16. The van der Waals surface area contributed by atoms with E-state index in [0.717, 1.165) is 6.07 Å². The number of morpholine rings is 1. The average molecular weight is 369 g/mol. The van der Waals surface area contributed by atoms with Crippen LogP contribution in [-0.2, 0) is 10.9 Å². The van der Waals surface area contributed by atoms with Crippen molar-refractivity contribution in [3.8, 4) is 17.0 Å². The van der Waals surface area contributed by atoms with Crippen molar-refractivity contribution in [3.63, 3.8) is 0 Å². The van der Waals surface area contributed by atoms with Crippen LogP contribution in [0.4, 0.5) is 19.0 Å². The maximum Gasteiger partial charge on any atom is 0.418 e. The molecule has 2 heterocycles. The molecule has 26 heavy (non-hydrogen) atoms. The number of halogens is 3. The van der Waals surface area contributed by atoms with E-state index < -0.39 is 23.5 Å². The van der Waals surface area contributed by atoms with Gasteiger partial charge in [0, 0.05) is 18.7 Å². The van der Waals surface area contributed by atoms with Gasteiger partial charge in [0.15, 0.2) is 5.82 Å². The number of ether oxygens (including phenoxy) is 1. The maximum absolute atomic E-state index is 13.6. The minimum Gasteiger partial charge on any atom is -0.507 e. The normalized spacial score (nSPS) is 18.2. The Hall–Kier alpha value is -2.39. The molecule has 1 aliphatic rings. The van der Waals surface area contributed by atoms with Crippen molar-refractivity contribution >= 4 is 5.82 Å². The van der Waals surface area contributed by atoms with E-state index >= 15 is 0 Å². The molecule has 0 unspecified atom stereocenters. The van der Waals surface area contributed by atoms with Gasteiger partial charge in [-0.2, -0.15) is 13.2 Å². The lowest BCUT2D eigenvalue weighted by Gasteiger charge is -2.32. The average Bonchev–Trinajstić information content (AvgIpc) is 2.61. The van der Waals surface area contributed by atoms with Crippen LogP contribution in [0.25, 0.3) is 11.3 Å². The molecule has 0 spiro atoms. The van der Waals surface area contributed by atoms with Crippen LogP contribution in [0, 0.1) is 6.92 Å². The van der Waals surface area contributed by atoms with Crippen molar-refractivity contribution in [2.45, 2.75) is 19.2 Å². The van der Waals surface area contributed by atoms with Crippen LogP contribution in [-0.4, -0.2) is 52.8 Å². The van der Waals surface area contributed by atoms with Crippen molar-refractivity contribution in [2.24, 2.45) is 0 Å². The molecule has 6 nitrogen and oxygen atoms in total. The van der Waals surface area contributed by atoms with Crippen LogP contribution in [0.5, 0.6) is 5.75 Å². The monoisotopic (exact) mass is 369 g/mol. The molecule has 1 atom stereocenters. The predicted molar refractivity (Wildman–Crippen MR) is 87.9 cm³/mol. The molecular weight excluding hydrogens is 351 g/mol. The third-order valence-electron chi connectivity index (χ3n) is 4.16. The van der Waals surface area contributed by atoms with Crippen LogP contribution in [0.2, 0.25) is 0 Å². The zero-order chi connectivity index (χ0) is 18.9. The van der Waals surface area contributed by atoms with E-state index in [1.807, 2.05) is 0 Å². The van der Waals surface area contributed by atoms with E-state index in [4.69, 9.17) is 4.74 Å². The number of phenolic OH excluding ortho intramolecular Hbond substituents is 1. The molecule has 1 saturated heterocycles. The number of aromatic hydroxyl groups is 1. The largest absolute Gasteiger partial charge is 0.507 e. The Balaban J connectivity index is 2.04. The van der Waals surface area contributed by atoms with Crippen molar-refractivity contribution in [3.05, 3.63) is 35.4 Å². The van der Waals surface area contributed by atoms with Crippen LogP contribution in [0.15, 0.2) is 24.3 Å². The van der Waals surface area contributed by atoms with Crippen LogP contribution >= 0.6 is 0 Å². The van der Waals surface area contributed by atoms with Gasteiger partial charge in [0.1, 0.15) is 11.4 Å². The molecule has 2 N–H and O–H groups in total. The number of aryl methyl sites for hydroxylation is 1. The molecule has 9 heteroatoms. The number of rotatable bonds is 3. The number of anilines is 1. The number of aliphatic hydroxyl groups excluding tert-OH is 1. The Kier molecular flexibility index (Phi) is 5.01. The summed E-state index contributed by atoms with van der Waals surface area (Å²) in [6, 6.07) is 5.28. The van der Waals surface area contributed by atoms with Crippen molar-refractivity contribution in [1.29, 1.82) is 0 Å². The number of hydrogen-bond acceptors (Lipinski definition) is 6. The molecule has 0 amide bonds. The van der Waals surface area contributed by atoms with E-state index in [0.29, 0.717) is 12.1 Å². The minimum absolute atomic E-state index is 0.0304. The van der Waals surface area contributed by atoms with Gasteiger partial charge in [-0.15, -0.1) is 10.2 Å². The molecule has 2 aromatic rings. The SMILES string of the molecule is Cc1ccc(-c2nnc(N3CCO[C@H](CO)C3)cc2C(F)(F)F)c(O)c1. The number of aliphatic hydroxyl groups is 1. The molecule has 0 bridgehead atoms. The van der Waals surface area contributed by atoms with Crippen LogP contribution in [0.1, 0.15) is 11.1 Å². The van der Waals surface area contributed by atoms with Gasteiger partial charge < -0.3 is 19.8 Å². The molecule has 0 aliphatic carbocycles. The lowest BCUT2D eigenvalue weighted by molar-refractivity contribution is -0.137. The van der Waals surface area contributed by atoms with E-state index in [2.05, 4.69) is 10.2 Å². The highest BCUT2D eigenvalue weighted by Crippen LogP contribution is 2.40. The summed E-state index contributed by atoms with van der Waals surface area (Å²) in [5.74, 6) is -0.237. The standard InChI is InChI=1S/C17H18F3N3O3/c1-10-2-3-12(14(25)6-10)16-13(17(18,19)20)7-15(21-22-16)23-4-5-26-11(8-23)9-24/h2-3,6-7,11,24-25H,4-5,8-9H2,1H3/t11-/m0/s1. The molecule has 140 valence electrons. The minimum atomic E-state index is -4.67. The highest BCUT2D eigenvalue weighted by molar-refractivity contribution is 5.71. The summed E-state index contributed by atoms with van der Waals surface area (Å²) in [4.78, 5) is 1.59. The van der Waals surface area contributed by atoms with E-state index in [9.17, 15) is 23.4 Å². The summed E-state index contributed by atoms with van der Waals surface area (Å²) < 4.78 is 46.1. The molecule has 1 fully saturated rings. The second kappa shape index (κ2) is 7.08. The number of aromatic nitrogens is 2. The Bertz CT molecular complexity index is 799. The first-order chi connectivity index (χ1) is 12.3. The number of alkyl halides is 3. The Morgan fingerprint density at radius 2 is 2.04 bits per heavy atom. The van der Waals surface area contributed by atoms with Gasteiger partial charge in [0.05, 0.1) is 24.9 Å². The fraction of sp³-hybridized carbons (Fsp3) is 0.412. The first-order valence-corrected chi connectivity index (χ1v) is 8.02. The van der Waals surface area contributed by atoms with Gasteiger partial charge >= 0.3 is 6.18 Å². The summed E-state index contributed by atoms with van der Waals surface area (Å²) in [6.07, 6.45) is -5.15. The molecule has 1 aliphatic heterocycles. The second-order valence-electron chi connectivity index (χ2n) is 6.10. The Morgan fingerprint density at radius 1 is 1.27 bits per heavy atom. The second-order valence-corrected chi connectivity index (χ2v) is 6.10. The van der Waals surface area contributed by atoms with E-state index in [1.54, 1.807) is 17.9 Å². The highest BCUT2D eigenvalue weighted by atomic mass is 19.4. The zero-order valence-electron chi connectivity index (χ0n) is 14.0. The number of benzene rings is 1. The van der Waals surface area contributed by atoms with Crippen molar-refractivity contribution in [1.82, 2.24) is 10.2 Å². The molecule has 0 saturated carbocycles. The summed E-state index contributed by atoms with van der Waals surface area (Å²) in [5, 5.41) is 26.9. The summed E-state index contributed by atoms with van der Waals surface area (Å²) in [7, 11) is 0. The predicted octanol–water partition coefficient (Wildman–Crippen LogP) is 2.37. The zero-order valence-corrected chi connectivity index (χ0v) is 14.0. The lowest BCUT2D eigenvalue weighted by atomic mass is 10.0. The summed E-state index contributed by atoms with van der Waals surface area (Å²) in [6.45, 7) is 2.33. The van der Waals surface area contributed by atoms with Gasteiger partial charge in [0.25, 0.3) is 0 Å². The number of nitrogens with zero attached hydrogens (tertiary/aromatic N) is 3. The smallest absolute Gasteiger partial charge is 0.418 e. The van der Waals surface area contributed by atoms with Crippen LogP contribution < -0.4 is 4.90 Å². The summed E-state index contributed by atoms with van der Waals surface area (Å²) >= 11 is 0. The van der Waals surface area contributed by atoms with Gasteiger partial charge in [0.2, 0.25) is 0 Å². The third kappa shape index (κ3) is 3.73. The fourth-order valence-corrected chi connectivity index (χ4v) is 2.83. The molecule has 3 rings (SSSR count). The van der Waals surface area contributed by atoms with Gasteiger partial charge in [-0.3, -0.25) is 0 Å². The number of hydrogen-bond donors (Lipinski definition) is 2. The lowest BCUT2D eigenvalue weighted by Crippen LogP contribution is -2.44. The molecule has 1 aromatic carbocycles. The van der Waals surface area contributed by atoms with Crippen LogP contribution in [0.3, 0.4) is 0 Å². The fourth-order valence-electron chi connectivity index (χ4n) is 2.83. The van der Waals surface area contributed by atoms with Gasteiger partial charge in [-0.25, -0.2) is 0 Å². The molecule has 1 aromatic heterocycles. The summed E-state index contributed by atoms with van der Waals surface area (Å²) in [5.41, 5.74) is -0.718. The maximum atomic E-state index is 13.6. The highest BCUT2D eigenvalue weighted by Gasteiger charge is 2.37. The van der Waals surface area contributed by atoms with Crippen molar-refractivity contribution in [2.75, 3.05) is 31.2 Å². The topological polar surface area (TPSA) is 78.7 Å². The molecular formula is C17H18F3N3O3. The van der Waals surface area contributed by atoms with E-state index in [-0.39, 0.29) is 36.9 Å². The first kappa shape index (κ1) is 18.4. The number of phenols is 1. The van der Waals surface area contributed by atoms with E-state index in [1.165, 1.54) is 12.1 Å². The van der Waals surface area contributed by atoms with Crippen molar-refractivity contribution < 1.29 is 28.1 Å². The Labute approximate surface area is 147 Å². The van der Waals surface area contributed by atoms with Gasteiger partial charge in [-0.05, 0) is 30.7 Å². The van der Waals surface area contributed by atoms with Gasteiger partial charge in [-0.1, -0.05) is 6.07 Å². The quantitative estimate of drug-likeness (QED) is 0.865.